The number of aryl methyl sites for hydroxylation is 2. The maximum absolute atomic E-state index is 13.7. The van der Waals surface area contributed by atoms with Crippen LogP contribution in [0.2, 0.25) is 0 Å². The van der Waals surface area contributed by atoms with Crippen LogP contribution in [-0.4, -0.2) is 15.6 Å². The second-order valence-corrected chi connectivity index (χ2v) is 4.52. The van der Waals surface area contributed by atoms with Crippen LogP contribution in [0, 0.1) is 11.6 Å². The molecule has 0 fully saturated rings. The molecule has 0 amide bonds. The maximum atomic E-state index is 13.7. The molecule has 2 aromatic rings. The number of hydrogen-bond donors (Lipinski definition) is 1. The van der Waals surface area contributed by atoms with Crippen LogP contribution in [0.25, 0.3) is 10.9 Å². The van der Waals surface area contributed by atoms with Crippen LogP contribution < -0.4 is 5.43 Å². The first-order valence-corrected chi connectivity index (χ1v) is 5.78. The van der Waals surface area contributed by atoms with Gasteiger partial charge in [-0.25, -0.2) is 13.6 Å². The molecule has 0 bridgehead atoms. The fourth-order valence-corrected chi connectivity index (χ4v) is 2.58. The Morgan fingerprint density at radius 3 is 2.79 bits per heavy atom. The monoisotopic (exact) mass is 265 g/mol. The number of carbonyl (C=O) groups is 1. The van der Waals surface area contributed by atoms with Crippen molar-refractivity contribution >= 4 is 16.9 Å². The van der Waals surface area contributed by atoms with Gasteiger partial charge in [0.05, 0.1) is 5.52 Å². The van der Waals surface area contributed by atoms with E-state index in [1.54, 1.807) is 0 Å². The summed E-state index contributed by atoms with van der Waals surface area (Å²) in [5.41, 5.74) is -0.748. The summed E-state index contributed by atoms with van der Waals surface area (Å²) >= 11 is 0. The predicted octanol–water partition coefficient (Wildman–Crippen LogP) is 1.92. The second-order valence-electron chi connectivity index (χ2n) is 4.52. The highest BCUT2D eigenvalue weighted by atomic mass is 19.2. The Balaban J connectivity index is 2.55. The number of carboxylic acid groups (broad SMARTS) is 1. The molecule has 0 saturated heterocycles. The molecule has 2 heterocycles. The van der Waals surface area contributed by atoms with Crippen LogP contribution in [0.3, 0.4) is 0 Å². The van der Waals surface area contributed by atoms with E-state index < -0.39 is 28.6 Å². The van der Waals surface area contributed by atoms with Gasteiger partial charge in [-0.2, -0.15) is 0 Å². The van der Waals surface area contributed by atoms with E-state index >= 15 is 0 Å². The molecule has 0 aliphatic carbocycles. The first kappa shape index (κ1) is 11.8. The summed E-state index contributed by atoms with van der Waals surface area (Å²) in [4.78, 5) is 23.0. The lowest BCUT2D eigenvalue weighted by Gasteiger charge is -2.21. The van der Waals surface area contributed by atoms with Crippen LogP contribution >= 0.6 is 0 Å². The van der Waals surface area contributed by atoms with Gasteiger partial charge in [-0.15, -0.1) is 0 Å². The van der Waals surface area contributed by atoms with Gasteiger partial charge in [0.15, 0.2) is 11.6 Å². The largest absolute Gasteiger partial charge is 0.477 e. The number of carboxylic acids is 1. The molecule has 1 aromatic heterocycles. The van der Waals surface area contributed by atoms with Crippen molar-refractivity contribution in [3.05, 3.63) is 45.2 Å². The number of pyridine rings is 1. The molecule has 3 rings (SSSR count). The molecule has 19 heavy (non-hydrogen) atoms. The van der Waals surface area contributed by atoms with Crippen molar-refractivity contribution < 1.29 is 18.7 Å². The van der Waals surface area contributed by atoms with Crippen LogP contribution in [0.5, 0.6) is 0 Å². The summed E-state index contributed by atoms with van der Waals surface area (Å²) in [6, 6.07) is 0.782. The van der Waals surface area contributed by atoms with Gasteiger partial charge in [0.25, 0.3) is 0 Å². The van der Waals surface area contributed by atoms with E-state index in [4.69, 9.17) is 5.11 Å². The van der Waals surface area contributed by atoms with E-state index in [9.17, 15) is 18.4 Å². The Bertz CT molecular complexity index is 780. The van der Waals surface area contributed by atoms with Crippen molar-refractivity contribution in [1.82, 2.24) is 4.57 Å². The van der Waals surface area contributed by atoms with Crippen molar-refractivity contribution in [3.63, 3.8) is 0 Å². The Hall–Kier alpha value is -2.24. The molecule has 0 radical (unpaired) electrons. The average molecular weight is 265 g/mol. The first-order valence-electron chi connectivity index (χ1n) is 5.78. The Kier molecular flexibility index (Phi) is 2.41. The van der Waals surface area contributed by atoms with Gasteiger partial charge < -0.3 is 9.67 Å². The number of rotatable bonds is 1. The third kappa shape index (κ3) is 1.56. The fraction of sp³-hybridized carbons (Fsp3) is 0.231. The van der Waals surface area contributed by atoms with Gasteiger partial charge in [-0.05, 0) is 18.9 Å². The van der Waals surface area contributed by atoms with Crippen molar-refractivity contribution in [1.29, 1.82) is 0 Å². The number of aromatic carboxylic acids is 1. The molecule has 1 N–H and O–H groups in total. The summed E-state index contributed by atoms with van der Waals surface area (Å²) in [6.45, 7) is 0.481. The van der Waals surface area contributed by atoms with Crippen molar-refractivity contribution in [3.8, 4) is 0 Å². The summed E-state index contributed by atoms with van der Waals surface area (Å²) in [6.07, 6.45) is 2.11. The summed E-state index contributed by atoms with van der Waals surface area (Å²) in [5, 5.41) is 8.90. The maximum Gasteiger partial charge on any atom is 0.341 e. The second kappa shape index (κ2) is 3.88. The summed E-state index contributed by atoms with van der Waals surface area (Å²) in [7, 11) is 0. The van der Waals surface area contributed by atoms with Crippen LogP contribution in [-0.2, 0) is 13.0 Å². The Morgan fingerprint density at radius 1 is 1.37 bits per heavy atom. The highest BCUT2D eigenvalue weighted by molar-refractivity contribution is 5.93. The molecule has 6 heteroatoms. The van der Waals surface area contributed by atoms with Gasteiger partial charge in [-0.1, -0.05) is 0 Å². The van der Waals surface area contributed by atoms with Crippen molar-refractivity contribution in [2.75, 3.05) is 0 Å². The van der Waals surface area contributed by atoms with Gasteiger partial charge in [0.1, 0.15) is 5.56 Å². The molecular formula is C13H9F2NO3. The molecule has 0 spiro atoms. The minimum atomic E-state index is -1.37. The van der Waals surface area contributed by atoms with E-state index in [1.165, 1.54) is 10.8 Å². The van der Waals surface area contributed by atoms with Gasteiger partial charge in [-0.3, -0.25) is 4.79 Å². The zero-order chi connectivity index (χ0) is 13.7. The topological polar surface area (TPSA) is 59.3 Å². The molecule has 1 aliphatic rings. The number of benzene rings is 1. The van der Waals surface area contributed by atoms with E-state index in [1.807, 2.05) is 0 Å². The fourth-order valence-electron chi connectivity index (χ4n) is 2.58. The Morgan fingerprint density at radius 2 is 2.11 bits per heavy atom. The molecular weight excluding hydrogens is 256 g/mol. The molecule has 4 nitrogen and oxygen atoms in total. The SMILES string of the molecule is O=C(O)c1cn2c3c(c(F)c(F)cc3c1=O)CCC2. The molecule has 1 aromatic carbocycles. The molecule has 0 atom stereocenters. The first-order chi connectivity index (χ1) is 9.00. The predicted molar refractivity (Wildman–Crippen MR) is 63.4 cm³/mol. The number of aromatic nitrogens is 1. The summed E-state index contributed by atoms with van der Waals surface area (Å²) in [5.74, 6) is -3.44. The van der Waals surface area contributed by atoms with E-state index in [0.29, 0.717) is 24.9 Å². The average Bonchev–Trinajstić information content (AvgIpc) is 2.38. The third-order valence-corrected chi connectivity index (χ3v) is 3.40. The lowest BCUT2D eigenvalue weighted by Crippen LogP contribution is -2.23. The van der Waals surface area contributed by atoms with Gasteiger partial charge in [0.2, 0.25) is 5.43 Å². The smallest absolute Gasteiger partial charge is 0.341 e. The minimum absolute atomic E-state index is 0.0755. The molecule has 1 aliphatic heterocycles. The molecule has 0 saturated carbocycles. The lowest BCUT2D eigenvalue weighted by atomic mass is 9.99. The number of hydrogen-bond acceptors (Lipinski definition) is 2. The zero-order valence-electron chi connectivity index (χ0n) is 9.74. The van der Waals surface area contributed by atoms with Crippen molar-refractivity contribution in [2.45, 2.75) is 19.4 Å². The van der Waals surface area contributed by atoms with Gasteiger partial charge >= 0.3 is 5.97 Å². The van der Waals surface area contributed by atoms with E-state index in [0.717, 1.165) is 6.07 Å². The highest BCUT2D eigenvalue weighted by Crippen LogP contribution is 2.27. The minimum Gasteiger partial charge on any atom is -0.477 e. The van der Waals surface area contributed by atoms with Crippen LogP contribution in [0.4, 0.5) is 8.78 Å². The summed E-state index contributed by atoms with van der Waals surface area (Å²) < 4.78 is 28.7. The van der Waals surface area contributed by atoms with E-state index in [-0.39, 0.29) is 10.9 Å². The Labute approximate surface area is 105 Å². The molecule has 98 valence electrons. The number of halogens is 2. The number of nitrogens with zero attached hydrogens (tertiary/aromatic N) is 1. The quantitative estimate of drug-likeness (QED) is 0.857. The van der Waals surface area contributed by atoms with Crippen LogP contribution in [0.1, 0.15) is 22.3 Å². The lowest BCUT2D eigenvalue weighted by molar-refractivity contribution is 0.0694. The zero-order valence-corrected chi connectivity index (χ0v) is 9.74. The highest BCUT2D eigenvalue weighted by Gasteiger charge is 2.23. The van der Waals surface area contributed by atoms with Crippen LogP contribution in [0.15, 0.2) is 17.1 Å². The van der Waals surface area contributed by atoms with E-state index in [2.05, 4.69) is 0 Å². The normalized spacial score (nSPS) is 13.8. The van der Waals surface area contributed by atoms with Gasteiger partial charge in [0, 0.05) is 23.7 Å². The standard InChI is InChI=1S/C13H9F2NO3/c14-9-4-7-11-6(10(9)15)2-1-3-16(11)5-8(12(7)17)13(18)19/h4-5H,1-3H2,(H,18,19). The molecule has 0 unspecified atom stereocenters. The van der Waals surface area contributed by atoms with Crippen molar-refractivity contribution in [2.24, 2.45) is 0 Å². The third-order valence-electron chi connectivity index (χ3n) is 3.40.